The number of anilines is 1. The fraction of sp³-hybridized carbons (Fsp3) is 0.261. The summed E-state index contributed by atoms with van der Waals surface area (Å²) in [5.41, 5.74) is 5.25. The molecule has 1 unspecified atom stereocenters. The van der Waals surface area contributed by atoms with Crippen molar-refractivity contribution in [3.05, 3.63) is 71.4 Å². The van der Waals surface area contributed by atoms with Gasteiger partial charge in [-0.2, -0.15) is 5.10 Å². The lowest BCUT2D eigenvalue weighted by Gasteiger charge is -2.14. The number of carboxylic acids is 1. The summed E-state index contributed by atoms with van der Waals surface area (Å²) in [6, 6.07) is 17.1. The normalized spacial score (nSPS) is 13.4. The second-order valence-corrected chi connectivity index (χ2v) is 7.33. The third-order valence-electron chi connectivity index (χ3n) is 5.46. The minimum absolute atomic E-state index is 0.0288. The van der Waals surface area contributed by atoms with E-state index in [0.717, 1.165) is 22.3 Å². The number of amides is 1. The van der Waals surface area contributed by atoms with E-state index in [9.17, 15) is 14.7 Å². The van der Waals surface area contributed by atoms with Crippen LogP contribution in [0.3, 0.4) is 0 Å². The molecule has 1 aromatic heterocycles. The molecule has 2 aromatic carbocycles. The van der Waals surface area contributed by atoms with Gasteiger partial charge in [0.15, 0.2) is 5.82 Å². The summed E-state index contributed by atoms with van der Waals surface area (Å²) in [5, 5.41) is 16.2. The molecule has 1 atom stereocenters. The molecular formula is C23H23N3O4. The van der Waals surface area contributed by atoms with Crippen LogP contribution in [0.25, 0.3) is 11.1 Å². The number of aliphatic carboxylic acids is 1. The molecule has 2 N–H and O–H groups in total. The van der Waals surface area contributed by atoms with Crippen LogP contribution in [0.5, 0.6) is 0 Å². The molecule has 7 nitrogen and oxygen atoms in total. The first-order chi connectivity index (χ1) is 14.5. The summed E-state index contributed by atoms with van der Waals surface area (Å²) in [5.74, 6) is -0.722. The van der Waals surface area contributed by atoms with Crippen LogP contribution in [0, 0.1) is 6.92 Å². The van der Waals surface area contributed by atoms with Crippen LogP contribution in [0.2, 0.25) is 0 Å². The Morgan fingerprint density at radius 3 is 2.30 bits per heavy atom. The number of nitrogens with one attached hydrogen (secondary N) is 1. The first-order valence-electron chi connectivity index (χ1n) is 9.90. The van der Waals surface area contributed by atoms with Crippen molar-refractivity contribution in [2.24, 2.45) is 0 Å². The second kappa shape index (κ2) is 8.02. The number of fused-ring (bicyclic) bond motifs is 3. The van der Waals surface area contributed by atoms with Gasteiger partial charge in [-0.15, -0.1) is 0 Å². The summed E-state index contributed by atoms with van der Waals surface area (Å²) < 4.78 is 6.92. The Morgan fingerprint density at radius 2 is 1.73 bits per heavy atom. The molecule has 1 aliphatic carbocycles. The summed E-state index contributed by atoms with van der Waals surface area (Å²) in [6.45, 7) is 3.73. The van der Waals surface area contributed by atoms with E-state index in [1.807, 2.05) is 24.3 Å². The number of carbonyl (C=O) groups excluding carboxylic acids is 1. The predicted octanol–water partition coefficient (Wildman–Crippen LogP) is 4.59. The van der Waals surface area contributed by atoms with E-state index < -0.39 is 18.1 Å². The van der Waals surface area contributed by atoms with Crippen molar-refractivity contribution < 1.29 is 19.4 Å². The minimum Gasteiger partial charge on any atom is -0.480 e. The van der Waals surface area contributed by atoms with Crippen LogP contribution >= 0.6 is 0 Å². The molecule has 0 saturated heterocycles. The predicted molar refractivity (Wildman–Crippen MR) is 113 cm³/mol. The molecule has 3 aromatic rings. The van der Waals surface area contributed by atoms with E-state index >= 15 is 0 Å². The fourth-order valence-electron chi connectivity index (χ4n) is 4.06. The average molecular weight is 405 g/mol. The van der Waals surface area contributed by atoms with Gasteiger partial charge in [-0.3, -0.25) is 10.00 Å². The summed E-state index contributed by atoms with van der Waals surface area (Å²) in [7, 11) is 0. The van der Waals surface area contributed by atoms with Crippen molar-refractivity contribution in [1.29, 1.82) is 0 Å². The highest BCUT2D eigenvalue weighted by Crippen LogP contribution is 2.44. The molecule has 7 heteroatoms. The lowest BCUT2D eigenvalue weighted by Crippen LogP contribution is -2.21. The summed E-state index contributed by atoms with van der Waals surface area (Å²) in [6.07, 6.45) is -0.229. The smallest absolute Gasteiger partial charge is 0.412 e. The Morgan fingerprint density at radius 1 is 1.13 bits per heavy atom. The van der Waals surface area contributed by atoms with Gasteiger partial charge in [0.1, 0.15) is 12.6 Å². The van der Waals surface area contributed by atoms with Crippen molar-refractivity contribution in [1.82, 2.24) is 9.78 Å². The fourth-order valence-corrected chi connectivity index (χ4v) is 4.06. The molecule has 0 aliphatic heterocycles. The average Bonchev–Trinajstić information content (AvgIpc) is 3.24. The summed E-state index contributed by atoms with van der Waals surface area (Å²) in [4.78, 5) is 23.8. The molecule has 0 radical (unpaired) electrons. The van der Waals surface area contributed by atoms with Crippen molar-refractivity contribution in [3.8, 4) is 11.1 Å². The zero-order valence-electron chi connectivity index (χ0n) is 16.8. The van der Waals surface area contributed by atoms with E-state index in [4.69, 9.17) is 4.74 Å². The molecule has 0 saturated carbocycles. The maximum atomic E-state index is 12.4. The maximum absolute atomic E-state index is 12.4. The lowest BCUT2D eigenvalue weighted by atomic mass is 9.98. The SMILES string of the molecule is CCC(C(=O)O)n1nc(NC(=O)OCC2c3ccccc3-c3ccccc32)cc1C. The quantitative estimate of drug-likeness (QED) is 0.626. The van der Waals surface area contributed by atoms with E-state index in [0.29, 0.717) is 12.1 Å². The number of carbonyl (C=O) groups is 2. The topological polar surface area (TPSA) is 93.5 Å². The highest BCUT2D eigenvalue weighted by molar-refractivity contribution is 5.84. The zero-order chi connectivity index (χ0) is 21.3. The summed E-state index contributed by atoms with van der Waals surface area (Å²) >= 11 is 0. The number of aromatic nitrogens is 2. The molecular weight excluding hydrogens is 382 g/mol. The van der Waals surface area contributed by atoms with Gasteiger partial charge in [-0.25, -0.2) is 9.59 Å². The molecule has 1 amide bonds. The standard InChI is InChI=1S/C23H23N3O4/c1-3-20(22(27)28)26-14(2)12-21(25-26)24-23(29)30-13-19-17-10-6-4-8-15(17)16-9-5-7-11-18(16)19/h4-12,19-20H,3,13H2,1-2H3,(H,27,28)(H,24,25,29). The van der Waals surface area contributed by atoms with Gasteiger partial charge >= 0.3 is 12.1 Å². The number of aryl methyl sites for hydroxylation is 1. The molecule has 0 fully saturated rings. The van der Waals surface area contributed by atoms with Gasteiger partial charge in [0, 0.05) is 17.7 Å². The molecule has 0 bridgehead atoms. The number of nitrogens with zero attached hydrogens (tertiary/aromatic N) is 2. The van der Waals surface area contributed by atoms with Crippen LogP contribution in [-0.4, -0.2) is 33.6 Å². The third-order valence-corrected chi connectivity index (χ3v) is 5.46. The highest BCUT2D eigenvalue weighted by atomic mass is 16.5. The first kappa shape index (κ1) is 19.7. The largest absolute Gasteiger partial charge is 0.480 e. The highest BCUT2D eigenvalue weighted by Gasteiger charge is 2.29. The zero-order valence-corrected chi connectivity index (χ0v) is 16.8. The monoisotopic (exact) mass is 405 g/mol. The van der Waals surface area contributed by atoms with Crippen molar-refractivity contribution in [2.45, 2.75) is 32.2 Å². The lowest BCUT2D eigenvalue weighted by molar-refractivity contribution is -0.141. The van der Waals surface area contributed by atoms with Gasteiger partial charge in [-0.1, -0.05) is 55.5 Å². The van der Waals surface area contributed by atoms with Crippen LogP contribution in [-0.2, 0) is 9.53 Å². The van der Waals surface area contributed by atoms with E-state index in [1.54, 1.807) is 19.9 Å². The molecule has 4 rings (SSSR count). The molecule has 154 valence electrons. The van der Waals surface area contributed by atoms with Crippen molar-refractivity contribution >= 4 is 17.9 Å². The Kier molecular flexibility index (Phi) is 5.27. The van der Waals surface area contributed by atoms with E-state index in [-0.39, 0.29) is 18.3 Å². The third kappa shape index (κ3) is 3.54. The number of hydrogen-bond donors (Lipinski definition) is 2. The van der Waals surface area contributed by atoms with Gasteiger partial charge < -0.3 is 9.84 Å². The van der Waals surface area contributed by atoms with Crippen molar-refractivity contribution in [2.75, 3.05) is 11.9 Å². The molecule has 0 spiro atoms. The van der Waals surface area contributed by atoms with Gasteiger partial charge in [-0.05, 0) is 35.6 Å². The van der Waals surface area contributed by atoms with Crippen LogP contribution in [0.15, 0.2) is 54.6 Å². The number of benzene rings is 2. The van der Waals surface area contributed by atoms with E-state index in [1.165, 1.54) is 4.68 Å². The van der Waals surface area contributed by atoms with Crippen LogP contribution in [0.1, 0.15) is 42.1 Å². The molecule has 1 aliphatic rings. The van der Waals surface area contributed by atoms with Gasteiger partial charge in [0.2, 0.25) is 0 Å². The first-order valence-corrected chi connectivity index (χ1v) is 9.90. The Hall–Kier alpha value is -3.61. The molecule has 1 heterocycles. The Bertz CT molecular complexity index is 1060. The maximum Gasteiger partial charge on any atom is 0.412 e. The minimum atomic E-state index is -0.962. The Labute approximate surface area is 174 Å². The van der Waals surface area contributed by atoms with Gasteiger partial charge in [0.25, 0.3) is 0 Å². The number of carboxylic acid groups (broad SMARTS) is 1. The van der Waals surface area contributed by atoms with Crippen LogP contribution in [0.4, 0.5) is 10.6 Å². The van der Waals surface area contributed by atoms with Gasteiger partial charge in [0.05, 0.1) is 0 Å². The van der Waals surface area contributed by atoms with Crippen LogP contribution < -0.4 is 5.32 Å². The van der Waals surface area contributed by atoms with E-state index in [2.05, 4.69) is 34.7 Å². The number of hydrogen-bond acceptors (Lipinski definition) is 4. The Balaban J connectivity index is 1.46. The number of rotatable bonds is 6. The second-order valence-electron chi connectivity index (χ2n) is 7.33. The molecule has 30 heavy (non-hydrogen) atoms. The van der Waals surface area contributed by atoms with Crippen molar-refractivity contribution in [3.63, 3.8) is 0 Å². The number of ether oxygens (including phenoxy) is 1.